The Morgan fingerprint density at radius 1 is 1.50 bits per heavy atom. The molecule has 2 aromatic rings. The first kappa shape index (κ1) is 16.9. The zero-order chi connectivity index (χ0) is 16.9. The smallest absolute Gasteiger partial charge is 0.257 e. The van der Waals surface area contributed by atoms with Crippen LogP contribution in [0.15, 0.2) is 29.6 Å². The van der Waals surface area contributed by atoms with Crippen LogP contribution in [0.4, 0.5) is 5.13 Å². The third kappa shape index (κ3) is 4.33. The minimum Gasteiger partial charge on any atom is -0.497 e. The van der Waals surface area contributed by atoms with Gasteiger partial charge in [-0.05, 0) is 43.5 Å². The molecule has 1 aliphatic heterocycles. The Morgan fingerprint density at radius 3 is 3.17 bits per heavy atom. The van der Waals surface area contributed by atoms with Crippen molar-refractivity contribution < 1.29 is 9.53 Å². The number of hydrogen-bond donors (Lipinski definition) is 1. The van der Waals surface area contributed by atoms with Crippen LogP contribution in [0.5, 0.6) is 5.75 Å². The molecular weight excluding hydrogens is 322 g/mol. The second-order valence-corrected chi connectivity index (χ2v) is 7.17. The summed E-state index contributed by atoms with van der Waals surface area (Å²) < 4.78 is 5.15. The number of carbonyl (C=O) groups excluding carboxylic acids is 1. The first-order valence-corrected chi connectivity index (χ1v) is 9.14. The lowest BCUT2D eigenvalue weighted by molar-refractivity contribution is 0.102. The summed E-state index contributed by atoms with van der Waals surface area (Å²) in [7, 11) is 1.59. The molecule has 1 atom stereocenters. The molecule has 128 valence electrons. The van der Waals surface area contributed by atoms with Crippen molar-refractivity contribution in [2.75, 3.05) is 25.5 Å². The van der Waals surface area contributed by atoms with Crippen LogP contribution >= 0.6 is 11.3 Å². The third-order valence-electron chi connectivity index (χ3n) is 4.23. The van der Waals surface area contributed by atoms with E-state index in [-0.39, 0.29) is 5.91 Å². The number of piperidine rings is 1. The summed E-state index contributed by atoms with van der Waals surface area (Å²) >= 11 is 1.47. The summed E-state index contributed by atoms with van der Waals surface area (Å²) in [5.41, 5.74) is 1.59. The van der Waals surface area contributed by atoms with Crippen molar-refractivity contribution in [1.29, 1.82) is 0 Å². The summed E-state index contributed by atoms with van der Waals surface area (Å²) in [4.78, 5) is 19.3. The zero-order valence-electron chi connectivity index (χ0n) is 14.1. The van der Waals surface area contributed by atoms with Gasteiger partial charge in [-0.25, -0.2) is 4.98 Å². The highest BCUT2D eigenvalue weighted by molar-refractivity contribution is 7.13. The average molecular weight is 345 g/mol. The highest BCUT2D eigenvalue weighted by Crippen LogP contribution is 2.22. The van der Waals surface area contributed by atoms with E-state index in [4.69, 9.17) is 4.74 Å². The number of rotatable bonds is 5. The summed E-state index contributed by atoms with van der Waals surface area (Å²) in [5, 5.41) is 5.54. The number of aromatic nitrogens is 1. The Hall–Kier alpha value is -1.92. The molecule has 0 saturated carbocycles. The Balaban J connectivity index is 1.60. The molecule has 6 heteroatoms. The van der Waals surface area contributed by atoms with Crippen molar-refractivity contribution >= 4 is 22.4 Å². The van der Waals surface area contributed by atoms with Gasteiger partial charge in [-0.1, -0.05) is 13.0 Å². The normalized spacial score (nSPS) is 18.3. The van der Waals surface area contributed by atoms with Crippen LogP contribution in [0.1, 0.15) is 35.8 Å². The van der Waals surface area contributed by atoms with Gasteiger partial charge in [-0.3, -0.25) is 15.0 Å². The van der Waals surface area contributed by atoms with Gasteiger partial charge in [0.1, 0.15) is 5.75 Å². The maximum absolute atomic E-state index is 12.3. The molecule has 1 fully saturated rings. The SMILES string of the molecule is COc1cccc(C(=O)Nc2nc(CN3CCCC(C)C3)cs2)c1. The third-order valence-corrected chi connectivity index (χ3v) is 5.04. The lowest BCUT2D eigenvalue weighted by atomic mass is 10.0. The van der Waals surface area contributed by atoms with Crippen LogP contribution < -0.4 is 10.1 Å². The van der Waals surface area contributed by atoms with Gasteiger partial charge in [0.15, 0.2) is 5.13 Å². The molecule has 1 saturated heterocycles. The van der Waals surface area contributed by atoms with E-state index >= 15 is 0 Å². The topological polar surface area (TPSA) is 54.5 Å². The largest absolute Gasteiger partial charge is 0.497 e. The lowest BCUT2D eigenvalue weighted by Crippen LogP contribution is -2.33. The van der Waals surface area contributed by atoms with E-state index in [1.165, 1.54) is 24.2 Å². The quantitative estimate of drug-likeness (QED) is 0.899. The van der Waals surface area contributed by atoms with Crippen molar-refractivity contribution in [3.63, 3.8) is 0 Å². The van der Waals surface area contributed by atoms with Crippen LogP contribution in [-0.4, -0.2) is 36.0 Å². The van der Waals surface area contributed by atoms with Gasteiger partial charge < -0.3 is 4.74 Å². The van der Waals surface area contributed by atoms with Gasteiger partial charge in [0.25, 0.3) is 5.91 Å². The van der Waals surface area contributed by atoms with E-state index in [0.29, 0.717) is 16.4 Å². The Labute approximate surface area is 146 Å². The summed E-state index contributed by atoms with van der Waals surface area (Å²) in [6.07, 6.45) is 2.57. The van der Waals surface area contributed by atoms with E-state index in [2.05, 4.69) is 22.1 Å². The number of likely N-dealkylation sites (tertiary alicyclic amines) is 1. The number of nitrogens with one attached hydrogen (secondary N) is 1. The first-order chi connectivity index (χ1) is 11.6. The molecule has 2 heterocycles. The molecule has 1 N–H and O–H groups in total. The number of anilines is 1. The van der Waals surface area contributed by atoms with Gasteiger partial charge in [0, 0.05) is 24.0 Å². The number of benzene rings is 1. The maximum Gasteiger partial charge on any atom is 0.257 e. The highest BCUT2D eigenvalue weighted by atomic mass is 32.1. The number of thiazole rings is 1. The molecule has 0 spiro atoms. The Kier molecular flexibility index (Phi) is 5.48. The van der Waals surface area contributed by atoms with Crippen molar-refractivity contribution in [2.24, 2.45) is 5.92 Å². The molecule has 1 aliphatic rings. The van der Waals surface area contributed by atoms with Crippen molar-refractivity contribution in [3.8, 4) is 5.75 Å². The van der Waals surface area contributed by atoms with Crippen LogP contribution in [0.3, 0.4) is 0 Å². The predicted octanol–water partition coefficient (Wildman–Crippen LogP) is 3.64. The van der Waals surface area contributed by atoms with Gasteiger partial charge >= 0.3 is 0 Å². The van der Waals surface area contributed by atoms with Crippen LogP contribution in [0.2, 0.25) is 0 Å². The molecule has 1 unspecified atom stereocenters. The van der Waals surface area contributed by atoms with Crippen molar-refractivity contribution in [2.45, 2.75) is 26.3 Å². The molecule has 1 aromatic heterocycles. The second-order valence-electron chi connectivity index (χ2n) is 6.31. The fourth-order valence-electron chi connectivity index (χ4n) is 3.03. The molecule has 0 bridgehead atoms. The summed E-state index contributed by atoms with van der Waals surface area (Å²) in [6.45, 7) is 5.42. The number of hydrogen-bond acceptors (Lipinski definition) is 5. The second kappa shape index (κ2) is 7.77. The first-order valence-electron chi connectivity index (χ1n) is 8.26. The minimum atomic E-state index is -0.165. The monoisotopic (exact) mass is 345 g/mol. The number of nitrogens with zero attached hydrogens (tertiary/aromatic N) is 2. The van der Waals surface area contributed by atoms with Gasteiger partial charge in [0.2, 0.25) is 0 Å². The lowest BCUT2D eigenvalue weighted by Gasteiger charge is -2.30. The molecule has 5 nitrogen and oxygen atoms in total. The van der Waals surface area contributed by atoms with Gasteiger partial charge in [0.05, 0.1) is 12.8 Å². The van der Waals surface area contributed by atoms with E-state index in [9.17, 15) is 4.79 Å². The standard InChI is InChI=1S/C18H23N3O2S/c1-13-5-4-8-21(10-13)11-15-12-24-18(19-15)20-17(22)14-6-3-7-16(9-14)23-2/h3,6-7,9,12-13H,4-5,8,10-11H2,1-2H3,(H,19,20,22). The molecule has 1 aromatic carbocycles. The molecule has 0 aliphatic carbocycles. The van der Waals surface area contributed by atoms with Crippen molar-refractivity contribution in [3.05, 3.63) is 40.9 Å². The minimum absolute atomic E-state index is 0.165. The predicted molar refractivity (Wildman–Crippen MR) is 96.7 cm³/mol. The Morgan fingerprint density at radius 2 is 2.38 bits per heavy atom. The van der Waals surface area contributed by atoms with Crippen molar-refractivity contribution in [1.82, 2.24) is 9.88 Å². The maximum atomic E-state index is 12.3. The number of carbonyl (C=O) groups is 1. The zero-order valence-corrected chi connectivity index (χ0v) is 14.9. The van der Waals surface area contributed by atoms with Gasteiger partial charge in [-0.2, -0.15) is 0 Å². The van der Waals surface area contributed by atoms with E-state index in [1.54, 1.807) is 25.3 Å². The molecular formula is C18H23N3O2S. The number of ether oxygens (including phenoxy) is 1. The molecule has 24 heavy (non-hydrogen) atoms. The molecule has 1 amide bonds. The average Bonchev–Trinajstić information content (AvgIpc) is 3.01. The van der Waals surface area contributed by atoms with E-state index in [1.807, 2.05) is 11.4 Å². The summed E-state index contributed by atoms with van der Waals surface area (Å²) in [6, 6.07) is 7.11. The van der Waals surface area contributed by atoms with Crippen LogP contribution in [0.25, 0.3) is 0 Å². The van der Waals surface area contributed by atoms with Gasteiger partial charge in [-0.15, -0.1) is 11.3 Å². The van der Waals surface area contributed by atoms with E-state index in [0.717, 1.165) is 31.2 Å². The van der Waals surface area contributed by atoms with E-state index < -0.39 is 0 Å². The summed E-state index contributed by atoms with van der Waals surface area (Å²) in [5.74, 6) is 1.26. The Bertz CT molecular complexity index is 701. The number of amides is 1. The fraction of sp³-hybridized carbons (Fsp3) is 0.444. The highest BCUT2D eigenvalue weighted by Gasteiger charge is 2.17. The number of methoxy groups -OCH3 is 1. The fourth-order valence-corrected chi connectivity index (χ4v) is 3.73. The van der Waals surface area contributed by atoms with Crippen LogP contribution in [0, 0.1) is 5.92 Å². The van der Waals surface area contributed by atoms with Crippen LogP contribution in [-0.2, 0) is 6.54 Å². The molecule has 3 rings (SSSR count). The molecule has 0 radical (unpaired) electrons.